The van der Waals surface area contributed by atoms with Crippen molar-refractivity contribution in [1.82, 2.24) is 14.8 Å². The van der Waals surface area contributed by atoms with E-state index in [1.54, 1.807) is 17.4 Å². The second kappa shape index (κ2) is 12.9. The number of nitrogens with zero attached hydrogens (tertiary/aromatic N) is 3. The van der Waals surface area contributed by atoms with Gasteiger partial charge in [0.15, 0.2) is 11.0 Å². The molecule has 3 heterocycles. The molecule has 0 aliphatic carbocycles. The predicted octanol–water partition coefficient (Wildman–Crippen LogP) is 8.03. The highest BCUT2D eigenvalue weighted by Crippen LogP contribution is 2.40. The lowest BCUT2D eigenvalue weighted by Gasteiger charge is -2.10. The molecule has 0 radical (unpaired) electrons. The van der Waals surface area contributed by atoms with E-state index in [0.29, 0.717) is 22.3 Å². The smallest absolute Gasteiger partial charge is 0.341 e. The van der Waals surface area contributed by atoms with E-state index in [1.165, 1.54) is 40.6 Å². The van der Waals surface area contributed by atoms with Gasteiger partial charge in [-0.05, 0) is 31.9 Å². The first-order valence-electron chi connectivity index (χ1n) is 13.2. The monoisotopic (exact) mass is 614 g/mol. The highest BCUT2D eigenvalue weighted by Gasteiger charge is 2.24. The Morgan fingerprint density at radius 2 is 1.60 bits per heavy atom. The molecule has 7 nitrogen and oxygen atoms in total. The molecule has 214 valence electrons. The fourth-order valence-corrected chi connectivity index (χ4v) is 7.16. The molecule has 5 aromatic rings. The summed E-state index contributed by atoms with van der Waals surface area (Å²) >= 11 is 4.26. The third kappa shape index (κ3) is 6.11. The maximum Gasteiger partial charge on any atom is 0.341 e. The molecule has 0 spiro atoms. The maximum absolute atomic E-state index is 13.1. The summed E-state index contributed by atoms with van der Waals surface area (Å²) in [5.74, 6) is 0.0531. The van der Waals surface area contributed by atoms with Crippen molar-refractivity contribution in [1.29, 1.82) is 0 Å². The number of thiophene rings is 2. The second-order valence-electron chi connectivity index (χ2n) is 9.70. The Labute approximate surface area is 257 Å². The number of hydrogen-bond donors (Lipinski definition) is 1. The van der Waals surface area contributed by atoms with Gasteiger partial charge in [-0.1, -0.05) is 77.5 Å². The largest absolute Gasteiger partial charge is 0.465 e. The number of carbonyl (C=O) groups excluding carboxylic acids is 2. The van der Waals surface area contributed by atoms with Gasteiger partial charge in [0, 0.05) is 38.9 Å². The Bertz CT molecular complexity index is 1750. The second-order valence-corrected chi connectivity index (χ2v) is 12.6. The number of amides is 1. The van der Waals surface area contributed by atoms with Gasteiger partial charge < -0.3 is 10.1 Å². The van der Waals surface area contributed by atoms with Crippen LogP contribution in [0.1, 0.15) is 26.4 Å². The summed E-state index contributed by atoms with van der Waals surface area (Å²) in [5, 5.41) is 16.9. The fourth-order valence-electron chi connectivity index (χ4n) is 4.58. The van der Waals surface area contributed by atoms with Crippen molar-refractivity contribution >= 4 is 51.3 Å². The standard InChI is InChI=1S/C32H30N4O3S3/c1-6-15-36-29(25-17-40-21(4)27(25)23-13-9-20(3)10-14-23)34-35-32(36)42-18-26(37)33-30-28(31(38)39-5)24(16-41-30)22-11-7-19(2)8-12-22/h6-14,16-17H,1,15,18H2,2-5H3,(H,33,37). The Balaban J connectivity index is 1.37. The third-order valence-electron chi connectivity index (χ3n) is 6.71. The van der Waals surface area contributed by atoms with Gasteiger partial charge in [0.25, 0.3) is 0 Å². The summed E-state index contributed by atoms with van der Waals surface area (Å²) in [5.41, 5.74) is 7.52. The topological polar surface area (TPSA) is 86.1 Å². The van der Waals surface area contributed by atoms with Crippen LogP contribution in [-0.4, -0.2) is 39.5 Å². The summed E-state index contributed by atoms with van der Waals surface area (Å²) < 4.78 is 7.03. The number of esters is 1. The van der Waals surface area contributed by atoms with Gasteiger partial charge >= 0.3 is 5.97 Å². The number of allylic oxidation sites excluding steroid dienone is 1. The number of aromatic nitrogens is 3. The predicted molar refractivity (Wildman–Crippen MR) is 174 cm³/mol. The van der Waals surface area contributed by atoms with E-state index in [4.69, 9.17) is 4.74 Å². The number of hydrogen-bond acceptors (Lipinski definition) is 8. The number of aryl methyl sites for hydroxylation is 3. The molecule has 0 fully saturated rings. The van der Waals surface area contributed by atoms with Gasteiger partial charge in [0.2, 0.25) is 5.91 Å². The number of methoxy groups -OCH3 is 1. The normalized spacial score (nSPS) is 11.0. The quantitative estimate of drug-likeness (QED) is 0.0974. The molecular formula is C32H30N4O3S3. The molecule has 3 aromatic heterocycles. The number of thioether (sulfide) groups is 1. The number of ether oxygens (including phenoxy) is 1. The van der Waals surface area contributed by atoms with Crippen molar-refractivity contribution in [3.8, 4) is 33.6 Å². The third-order valence-corrected chi connectivity index (χ3v) is 9.49. The number of nitrogens with one attached hydrogen (secondary N) is 1. The van der Waals surface area contributed by atoms with Crippen molar-refractivity contribution in [3.63, 3.8) is 0 Å². The number of anilines is 1. The summed E-state index contributed by atoms with van der Waals surface area (Å²) in [6.45, 7) is 10.6. The lowest BCUT2D eigenvalue weighted by Crippen LogP contribution is -2.16. The van der Waals surface area contributed by atoms with Crippen LogP contribution >= 0.6 is 34.4 Å². The summed E-state index contributed by atoms with van der Waals surface area (Å²) in [6.07, 6.45) is 1.79. The van der Waals surface area contributed by atoms with Crippen LogP contribution in [0.15, 0.2) is 77.1 Å². The van der Waals surface area contributed by atoms with Crippen LogP contribution in [0.4, 0.5) is 5.00 Å². The molecule has 0 bridgehead atoms. The molecule has 5 rings (SSSR count). The van der Waals surface area contributed by atoms with Gasteiger partial charge in [-0.15, -0.1) is 39.4 Å². The van der Waals surface area contributed by atoms with Crippen LogP contribution in [0, 0.1) is 20.8 Å². The van der Waals surface area contributed by atoms with Crippen LogP contribution in [0.25, 0.3) is 33.6 Å². The Hall–Kier alpha value is -3.99. The molecule has 1 amide bonds. The molecule has 0 saturated heterocycles. The zero-order valence-corrected chi connectivity index (χ0v) is 26.2. The first-order valence-corrected chi connectivity index (χ1v) is 15.9. The van der Waals surface area contributed by atoms with Crippen molar-refractivity contribution in [3.05, 3.63) is 93.5 Å². The minimum atomic E-state index is -0.499. The van der Waals surface area contributed by atoms with E-state index in [1.807, 2.05) is 41.1 Å². The maximum atomic E-state index is 13.1. The van der Waals surface area contributed by atoms with E-state index in [2.05, 4.69) is 65.6 Å². The number of benzene rings is 2. The van der Waals surface area contributed by atoms with Gasteiger partial charge in [0.1, 0.15) is 10.6 Å². The van der Waals surface area contributed by atoms with Crippen molar-refractivity contribution in [2.45, 2.75) is 32.5 Å². The van der Waals surface area contributed by atoms with Crippen molar-refractivity contribution < 1.29 is 14.3 Å². The van der Waals surface area contributed by atoms with Crippen LogP contribution < -0.4 is 5.32 Å². The van der Waals surface area contributed by atoms with Gasteiger partial charge in [0.05, 0.1) is 12.9 Å². The molecule has 10 heteroatoms. The zero-order chi connectivity index (χ0) is 29.8. The molecule has 0 unspecified atom stereocenters. The first-order chi connectivity index (χ1) is 20.3. The molecule has 1 N–H and O–H groups in total. The minimum absolute atomic E-state index is 0.0845. The molecule has 0 aliphatic rings. The van der Waals surface area contributed by atoms with Crippen LogP contribution in [0.3, 0.4) is 0 Å². The first kappa shape index (κ1) is 29.5. The molecule has 0 saturated carbocycles. The van der Waals surface area contributed by atoms with Gasteiger partial charge in [-0.3, -0.25) is 9.36 Å². The summed E-state index contributed by atoms with van der Waals surface area (Å²) in [4.78, 5) is 27.0. The zero-order valence-electron chi connectivity index (χ0n) is 23.8. The average Bonchev–Trinajstić information content (AvgIpc) is 3.69. The Morgan fingerprint density at radius 3 is 2.24 bits per heavy atom. The van der Waals surface area contributed by atoms with Crippen LogP contribution in [0.5, 0.6) is 0 Å². The Kier molecular flexibility index (Phi) is 9.06. The highest BCUT2D eigenvalue weighted by atomic mass is 32.2. The van der Waals surface area contributed by atoms with Crippen molar-refractivity contribution in [2.24, 2.45) is 0 Å². The van der Waals surface area contributed by atoms with E-state index in [-0.39, 0.29) is 11.7 Å². The van der Waals surface area contributed by atoms with Crippen molar-refractivity contribution in [2.75, 3.05) is 18.2 Å². The van der Waals surface area contributed by atoms with Gasteiger partial charge in [-0.2, -0.15) is 0 Å². The molecule has 0 aliphatic heterocycles. The lowest BCUT2D eigenvalue weighted by atomic mass is 10.0. The Morgan fingerprint density at radius 1 is 0.952 bits per heavy atom. The number of carbonyl (C=O) groups is 2. The molecule has 2 aromatic carbocycles. The molecule has 0 atom stereocenters. The van der Waals surface area contributed by atoms with E-state index >= 15 is 0 Å². The summed E-state index contributed by atoms with van der Waals surface area (Å²) in [6, 6.07) is 16.3. The lowest BCUT2D eigenvalue weighted by molar-refractivity contribution is -0.113. The molecular weight excluding hydrogens is 585 g/mol. The highest BCUT2D eigenvalue weighted by molar-refractivity contribution is 7.99. The van der Waals surface area contributed by atoms with Gasteiger partial charge in [-0.25, -0.2) is 4.79 Å². The number of rotatable bonds is 10. The van der Waals surface area contributed by atoms with E-state index in [0.717, 1.165) is 39.2 Å². The fraction of sp³-hybridized carbons (Fsp3) is 0.188. The SMILES string of the molecule is C=CCn1c(SCC(=O)Nc2scc(-c3ccc(C)cc3)c2C(=O)OC)nnc1-c1csc(C)c1-c1ccc(C)cc1. The summed E-state index contributed by atoms with van der Waals surface area (Å²) in [7, 11) is 1.34. The average molecular weight is 615 g/mol. The molecule has 42 heavy (non-hydrogen) atoms. The van der Waals surface area contributed by atoms with E-state index in [9.17, 15) is 9.59 Å². The van der Waals surface area contributed by atoms with Crippen LogP contribution in [0.2, 0.25) is 0 Å². The van der Waals surface area contributed by atoms with Crippen LogP contribution in [-0.2, 0) is 16.1 Å². The minimum Gasteiger partial charge on any atom is -0.465 e. The van der Waals surface area contributed by atoms with E-state index < -0.39 is 5.97 Å².